The number of aromatic amines is 1. The Kier molecular flexibility index (Phi) is 4.26. The predicted octanol–water partition coefficient (Wildman–Crippen LogP) is 2.01. The Labute approximate surface area is 125 Å². The summed E-state index contributed by atoms with van der Waals surface area (Å²) in [5, 5.41) is 10.4. The summed E-state index contributed by atoms with van der Waals surface area (Å²) in [6.07, 6.45) is 3.07. The summed E-state index contributed by atoms with van der Waals surface area (Å²) in [4.78, 5) is 16.5. The third kappa shape index (κ3) is 3.38. The lowest BCUT2D eigenvalue weighted by molar-refractivity contribution is -0.384. The number of nitro benzene ring substituents is 1. The minimum Gasteiger partial charge on any atom is -0.347 e. The molecule has 2 rings (SSSR count). The Hall–Kier alpha value is -1.97. The highest BCUT2D eigenvalue weighted by Gasteiger charge is 2.23. The molecule has 0 spiro atoms. The molecule has 0 saturated heterocycles. The number of nitrogens with one attached hydrogen (secondary N) is 2. The second kappa shape index (κ2) is 5.80. The van der Waals surface area contributed by atoms with Gasteiger partial charge in [0.1, 0.15) is 10.7 Å². The lowest BCUT2D eigenvalue weighted by Crippen LogP contribution is -2.27. The number of sulfonamides is 1. The van der Waals surface area contributed by atoms with E-state index in [1.165, 1.54) is 6.20 Å². The van der Waals surface area contributed by atoms with Gasteiger partial charge in [0.25, 0.3) is 5.69 Å². The summed E-state index contributed by atoms with van der Waals surface area (Å²) >= 11 is 5.82. The second-order valence-corrected chi connectivity index (χ2v) is 6.28. The zero-order chi connectivity index (χ0) is 15.6. The lowest BCUT2D eigenvalue weighted by atomic mass is 10.3. The fourth-order valence-corrected chi connectivity index (χ4v) is 3.43. The SMILES string of the molecule is CC(NS(=O)(=O)c1ccc([N+](=O)[O-])cc1Cl)c1ncc[nH]1. The van der Waals surface area contributed by atoms with Crippen molar-refractivity contribution < 1.29 is 13.3 Å². The van der Waals surface area contributed by atoms with Crippen LogP contribution in [0, 0.1) is 10.1 Å². The fraction of sp³-hybridized carbons (Fsp3) is 0.182. The number of imidazole rings is 1. The van der Waals surface area contributed by atoms with Gasteiger partial charge in [-0.2, -0.15) is 0 Å². The third-order valence-electron chi connectivity index (χ3n) is 2.68. The third-order valence-corrected chi connectivity index (χ3v) is 4.70. The van der Waals surface area contributed by atoms with E-state index in [9.17, 15) is 18.5 Å². The van der Waals surface area contributed by atoms with E-state index in [1.54, 1.807) is 13.1 Å². The fourth-order valence-electron chi connectivity index (χ4n) is 1.69. The van der Waals surface area contributed by atoms with Crippen molar-refractivity contribution in [2.75, 3.05) is 0 Å². The first-order valence-electron chi connectivity index (χ1n) is 5.77. The molecule has 8 nitrogen and oxygen atoms in total. The summed E-state index contributed by atoms with van der Waals surface area (Å²) in [5.41, 5.74) is -0.280. The molecule has 1 aromatic heterocycles. The van der Waals surface area contributed by atoms with Crippen LogP contribution in [-0.4, -0.2) is 23.3 Å². The number of hydrogen-bond donors (Lipinski definition) is 2. The van der Waals surface area contributed by atoms with Crippen molar-refractivity contribution >= 4 is 27.3 Å². The maximum Gasteiger partial charge on any atom is 0.271 e. The predicted molar refractivity (Wildman–Crippen MR) is 75.4 cm³/mol. The molecular formula is C11H11ClN4O4S. The minimum atomic E-state index is -3.92. The van der Waals surface area contributed by atoms with Crippen LogP contribution in [0.2, 0.25) is 5.02 Å². The Balaban J connectivity index is 2.29. The van der Waals surface area contributed by atoms with Crippen LogP contribution in [0.4, 0.5) is 5.69 Å². The standard InChI is InChI=1S/C11H11ClN4O4S/c1-7(11-13-4-5-14-11)15-21(19,20)10-3-2-8(16(17)18)6-9(10)12/h2-7,15H,1H3,(H,13,14). The van der Waals surface area contributed by atoms with E-state index in [1.807, 2.05) is 0 Å². The van der Waals surface area contributed by atoms with Gasteiger partial charge in [0.15, 0.2) is 0 Å². The number of non-ortho nitro benzene ring substituents is 1. The number of rotatable bonds is 5. The van der Waals surface area contributed by atoms with Gasteiger partial charge >= 0.3 is 0 Å². The molecule has 112 valence electrons. The summed E-state index contributed by atoms with van der Waals surface area (Å²) in [6.45, 7) is 1.61. The number of benzene rings is 1. The number of halogens is 1. The Morgan fingerprint density at radius 1 is 1.48 bits per heavy atom. The van der Waals surface area contributed by atoms with Crippen LogP contribution in [-0.2, 0) is 10.0 Å². The van der Waals surface area contributed by atoms with Crippen LogP contribution < -0.4 is 4.72 Å². The maximum absolute atomic E-state index is 12.2. The second-order valence-electron chi connectivity index (χ2n) is 4.19. The van der Waals surface area contributed by atoms with Gasteiger partial charge in [-0.1, -0.05) is 11.6 Å². The largest absolute Gasteiger partial charge is 0.347 e. The topological polar surface area (TPSA) is 118 Å². The van der Waals surface area contributed by atoms with Gasteiger partial charge in [-0.15, -0.1) is 0 Å². The lowest BCUT2D eigenvalue weighted by Gasteiger charge is -2.13. The van der Waals surface area contributed by atoms with E-state index in [2.05, 4.69) is 14.7 Å². The van der Waals surface area contributed by atoms with Crippen LogP contribution in [0.15, 0.2) is 35.5 Å². The molecule has 1 heterocycles. The highest BCUT2D eigenvalue weighted by Crippen LogP contribution is 2.27. The number of nitrogens with zero attached hydrogens (tertiary/aromatic N) is 2. The van der Waals surface area contributed by atoms with E-state index in [0.29, 0.717) is 5.82 Å². The maximum atomic E-state index is 12.2. The Bertz CT molecular complexity index is 761. The average Bonchev–Trinajstić information content (AvgIpc) is 2.91. The Morgan fingerprint density at radius 2 is 2.19 bits per heavy atom. The summed E-state index contributed by atoms with van der Waals surface area (Å²) in [6, 6.07) is 2.57. The van der Waals surface area contributed by atoms with Gasteiger partial charge < -0.3 is 4.98 Å². The number of aromatic nitrogens is 2. The van der Waals surface area contributed by atoms with Crippen molar-refractivity contribution in [1.29, 1.82) is 0 Å². The first-order valence-corrected chi connectivity index (χ1v) is 7.63. The molecule has 0 amide bonds. The normalized spacial score (nSPS) is 13.0. The first-order chi connectivity index (χ1) is 9.81. The molecule has 0 aliphatic carbocycles. The molecule has 1 aromatic carbocycles. The molecule has 10 heteroatoms. The monoisotopic (exact) mass is 330 g/mol. The van der Waals surface area contributed by atoms with Crippen LogP contribution >= 0.6 is 11.6 Å². The molecule has 0 saturated carbocycles. The van der Waals surface area contributed by atoms with Gasteiger partial charge in [-0.25, -0.2) is 18.1 Å². The van der Waals surface area contributed by atoms with Crippen LogP contribution in [0.25, 0.3) is 0 Å². The van der Waals surface area contributed by atoms with E-state index in [4.69, 9.17) is 11.6 Å². The average molecular weight is 331 g/mol. The van der Waals surface area contributed by atoms with Crippen LogP contribution in [0.5, 0.6) is 0 Å². The molecule has 2 aromatic rings. The molecule has 0 radical (unpaired) electrons. The zero-order valence-electron chi connectivity index (χ0n) is 10.8. The molecule has 21 heavy (non-hydrogen) atoms. The quantitative estimate of drug-likeness (QED) is 0.642. The van der Waals surface area contributed by atoms with Gasteiger partial charge in [0.2, 0.25) is 10.0 Å². The summed E-state index contributed by atoms with van der Waals surface area (Å²) < 4.78 is 26.9. The number of nitro groups is 1. The van der Waals surface area contributed by atoms with Gasteiger partial charge in [0.05, 0.1) is 16.0 Å². The van der Waals surface area contributed by atoms with Crippen molar-refractivity contribution in [3.63, 3.8) is 0 Å². The molecule has 0 fully saturated rings. The van der Waals surface area contributed by atoms with Crippen LogP contribution in [0.1, 0.15) is 18.8 Å². The smallest absolute Gasteiger partial charge is 0.271 e. The molecular weight excluding hydrogens is 320 g/mol. The van der Waals surface area contributed by atoms with Gasteiger partial charge in [-0.3, -0.25) is 10.1 Å². The zero-order valence-corrected chi connectivity index (χ0v) is 12.4. The number of H-pyrrole nitrogens is 1. The molecule has 1 unspecified atom stereocenters. The summed E-state index contributed by atoms with van der Waals surface area (Å²) in [7, 11) is -3.92. The molecule has 0 bridgehead atoms. The van der Waals surface area contributed by atoms with Crippen LogP contribution in [0.3, 0.4) is 0 Å². The number of hydrogen-bond acceptors (Lipinski definition) is 5. The van der Waals surface area contributed by atoms with Gasteiger partial charge in [0, 0.05) is 24.5 Å². The van der Waals surface area contributed by atoms with E-state index in [-0.39, 0.29) is 15.6 Å². The van der Waals surface area contributed by atoms with E-state index < -0.39 is 21.0 Å². The van der Waals surface area contributed by atoms with E-state index in [0.717, 1.165) is 18.2 Å². The molecule has 1 atom stereocenters. The van der Waals surface area contributed by atoms with Gasteiger partial charge in [-0.05, 0) is 13.0 Å². The molecule has 0 aliphatic heterocycles. The highest BCUT2D eigenvalue weighted by molar-refractivity contribution is 7.89. The minimum absolute atomic E-state index is 0.219. The van der Waals surface area contributed by atoms with Crippen molar-refractivity contribution in [2.45, 2.75) is 17.9 Å². The van der Waals surface area contributed by atoms with E-state index >= 15 is 0 Å². The van der Waals surface area contributed by atoms with Crippen molar-refractivity contribution in [2.24, 2.45) is 0 Å². The van der Waals surface area contributed by atoms with Crippen molar-refractivity contribution in [1.82, 2.24) is 14.7 Å². The Morgan fingerprint density at radius 3 is 2.71 bits per heavy atom. The van der Waals surface area contributed by atoms with Crippen molar-refractivity contribution in [3.8, 4) is 0 Å². The molecule has 0 aliphatic rings. The summed E-state index contributed by atoms with van der Waals surface area (Å²) in [5.74, 6) is 0.441. The van der Waals surface area contributed by atoms with Crippen molar-refractivity contribution in [3.05, 3.63) is 51.6 Å². The molecule has 2 N–H and O–H groups in total. The first kappa shape index (κ1) is 15.4. The highest BCUT2D eigenvalue weighted by atomic mass is 35.5.